The Bertz CT molecular complexity index is 669. The van der Waals surface area contributed by atoms with Crippen LogP contribution in [0.15, 0.2) is 23.1 Å². The first-order valence-electron chi connectivity index (χ1n) is 6.16. The Labute approximate surface area is 123 Å². The van der Waals surface area contributed by atoms with E-state index in [1.165, 1.54) is 27.0 Å². The van der Waals surface area contributed by atoms with Crippen LogP contribution in [0.3, 0.4) is 0 Å². The highest BCUT2D eigenvalue weighted by Gasteiger charge is 2.30. The van der Waals surface area contributed by atoms with Crippen LogP contribution in [0, 0.1) is 6.92 Å². The smallest absolute Gasteiger partial charge is 0.321 e. The quantitative estimate of drug-likeness (QED) is 0.845. The summed E-state index contributed by atoms with van der Waals surface area (Å²) in [5, 5.41) is 11.4. The molecule has 1 aromatic rings. The van der Waals surface area contributed by atoms with Crippen LogP contribution in [0.1, 0.15) is 19.4 Å². The van der Waals surface area contributed by atoms with Crippen LogP contribution < -0.4 is 5.32 Å². The van der Waals surface area contributed by atoms with Gasteiger partial charge in [0.25, 0.3) is 0 Å². The van der Waals surface area contributed by atoms with Gasteiger partial charge in [0.15, 0.2) is 0 Å². The highest BCUT2D eigenvalue weighted by molar-refractivity contribution is 7.89. The Kier molecular flexibility index (Phi) is 5.08. The number of carboxylic acids is 1. The number of nitrogens with zero attached hydrogens (tertiary/aromatic N) is 1. The third-order valence-electron chi connectivity index (χ3n) is 3.07. The minimum Gasteiger partial charge on any atom is -0.480 e. The maximum Gasteiger partial charge on any atom is 0.321 e. The first-order chi connectivity index (χ1) is 9.57. The second-order valence-corrected chi connectivity index (χ2v) is 6.66. The highest BCUT2D eigenvalue weighted by Crippen LogP contribution is 2.24. The molecule has 1 amide bonds. The fourth-order valence-corrected chi connectivity index (χ4v) is 3.25. The van der Waals surface area contributed by atoms with Gasteiger partial charge in [0.1, 0.15) is 6.04 Å². The van der Waals surface area contributed by atoms with Crippen molar-refractivity contribution < 1.29 is 23.1 Å². The summed E-state index contributed by atoms with van der Waals surface area (Å²) in [6, 6.07) is 3.25. The number of nitrogens with one attached hydrogen (secondary N) is 1. The molecule has 0 heterocycles. The van der Waals surface area contributed by atoms with Gasteiger partial charge in [-0.2, -0.15) is 4.31 Å². The van der Waals surface area contributed by atoms with Gasteiger partial charge in [0.05, 0.1) is 4.90 Å². The number of hydrogen-bond donors (Lipinski definition) is 2. The van der Waals surface area contributed by atoms with Crippen molar-refractivity contribution in [1.82, 2.24) is 4.31 Å². The summed E-state index contributed by atoms with van der Waals surface area (Å²) in [6.45, 7) is 4.20. The van der Waals surface area contributed by atoms with Gasteiger partial charge in [-0.15, -0.1) is 0 Å². The number of rotatable bonds is 5. The number of aliphatic carboxylic acids is 1. The van der Waals surface area contributed by atoms with E-state index in [-0.39, 0.29) is 10.8 Å². The lowest BCUT2D eigenvalue weighted by Crippen LogP contribution is -2.40. The largest absolute Gasteiger partial charge is 0.480 e. The van der Waals surface area contributed by atoms with Crippen LogP contribution in [0.2, 0.25) is 0 Å². The molecule has 0 aliphatic carbocycles. The van der Waals surface area contributed by atoms with Crippen molar-refractivity contribution in [2.24, 2.45) is 0 Å². The van der Waals surface area contributed by atoms with Gasteiger partial charge >= 0.3 is 5.97 Å². The van der Waals surface area contributed by atoms with E-state index in [1.807, 2.05) is 0 Å². The number of likely N-dealkylation sites (N-methyl/N-ethyl adjacent to an activating group) is 1. The number of carbonyl (C=O) groups is 2. The zero-order valence-electron chi connectivity index (χ0n) is 12.2. The second kappa shape index (κ2) is 6.23. The number of hydrogen-bond acceptors (Lipinski definition) is 4. The second-order valence-electron chi connectivity index (χ2n) is 4.70. The number of amides is 1. The molecule has 0 saturated heterocycles. The fraction of sp³-hybridized carbons (Fsp3) is 0.385. The number of anilines is 1. The SMILES string of the molecule is CC(=O)Nc1ccc(C)c(S(=O)(=O)N(C)C(C)C(=O)O)c1. The molecule has 7 nitrogen and oxygen atoms in total. The van der Waals surface area contributed by atoms with Gasteiger partial charge in [-0.3, -0.25) is 9.59 Å². The summed E-state index contributed by atoms with van der Waals surface area (Å²) >= 11 is 0. The molecule has 0 fully saturated rings. The molecule has 0 radical (unpaired) electrons. The molecule has 2 N–H and O–H groups in total. The van der Waals surface area contributed by atoms with E-state index in [0.717, 1.165) is 4.31 Å². The molecular formula is C13H18N2O5S. The first kappa shape index (κ1) is 17.1. The molecule has 1 unspecified atom stereocenters. The molecular weight excluding hydrogens is 296 g/mol. The minimum absolute atomic E-state index is 0.0376. The average Bonchev–Trinajstić information content (AvgIpc) is 2.38. The van der Waals surface area contributed by atoms with E-state index in [9.17, 15) is 18.0 Å². The van der Waals surface area contributed by atoms with E-state index in [2.05, 4.69) is 5.32 Å². The van der Waals surface area contributed by atoms with Gasteiger partial charge in [0, 0.05) is 19.7 Å². The van der Waals surface area contributed by atoms with Gasteiger partial charge < -0.3 is 10.4 Å². The first-order valence-corrected chi connectivity index (χ1v) is 7.60. The summed E-state index contributed by atoms with van der Waals surface area (Å²) in [7, 11) is -2.76. The number of sulfonamides is 1. The molecule has 0 aromatic heterocycles. The number of carbonyl (C=O) groups excluding carboxylic acids is 1. The molecule has 0 spiro atoms. The van der Waals surface area contributed by atoms with Crippen molar-refractivity contribution >= 4 is 27.6 Å². The third-order valence-corrected chi connectivity index (χ3v) is 5.14. The highest BCUT2D eigenvalue weighted by atomic mass is 32.2. The van der Waals surface area contributed by atoms with Crippen LogP contribution in [-0.2, 0) is 19.6 Å². The zero-order chi connectivity index (χ0) is 16.4. The van der Waals surface area contributed by atoms with Gasteiger partial charge in [0.2, 0.25) is 15.9 Å². The van der Waals surface area contributed by atoms with Crippen LogP contribution in [-0.4, -0.2) is 42.8 Å². The van der Waals surface area contributed by atoms with Crippen molar-refractivity contribution in [1.29, 1.82) is 0 Å². The van der Waals surface area contributed by atoms with Gasteiger partial charge in [-0.1, -0.05) is 6.07 Å². The van der Waals surface area contributed by atoms with Crippen molar-refractivity contribution in [2.45, 2.75) is 31.7 Å². The molecule has 116 valence electrons. The predicted molar refractivity (Wildman–Crippen MR) is 77.5 cm³/mol. The van der Waals surface area contributed by atoms with E-state index >= 15 is 0 Å². The van der Waals surface area contributed by atoms with E-state index in [1.54, 1.807) is 19.1 Å². The van der Waals surface area contributed by atoms with E-state index in [4.69, 9.17) is 5.11 Å². The van der Waals surface area contributed by atoms with Crippen LogP contribution in [0.25, 0.3) is 0 Å². The summed E-state index contributed by atoms with van der Waals surface area (Å²) in [5.41, 5.74) is 0.802. The monoisotopic (exact) mass is 314 g/mol. The van der Waals surface area contributed by atoms with Crippen LogP contribution in [0.5, 0.6) is 0 Å². The Hall–Kier alpha value is -1.93. The normalized spacial score (nSPS) is 13.0. The van der Waals surface area contributed by atoms with Gasteiger partial charge in [-0.05, 0) is 31.5 Å². The summed E-state index contributed by atoms with van der Waals surface area (Å²) in [6.07, 6.45) is 0. The summed E-state index contributed by atoms with van der Waals surface area (Å²) in [4.78, 5) is 22.0. The molecule has 1 aromatic carbocycles. The van der Waals surface area contributed by atoms with Gasteiger partial charge in [-0.25, -0.2) is 8.42 Å². The molecule has 0 aliphatic rings. The lowest BCUT2D eigenvalue weighted by molar-refractivity contribution is -0.140. The number of benzene rings is 1. The van der Waals surface area contributed by atoms with E-state index < -0.39 is 22.0 Å². The topological polar surface area (TPSA) is 104 Å². The Balaban J connectivity index is 3.30. The maximum absolute atomic E-state index is 12.5. The number of carboxylic acid groups (broad SMARTS) is 1. The maximum atomic E-state index is 12.5. The number of aryl methyl sites for hydroxylation is 1. The van der Waals surface area contributed by atoms with Crippen molar-refractivity contribution in [2.75, 3.05) is 12.4 Å². The Morgan fingerprint density at radius 2 is 1.90 bits per heavy atom. The molecule has 0 aliphatic heterocycles. The third kappa shape index (κ3) is 3.79. The minimum atomic E-state index is -3.97. The van der Waals surface area contributed by atoms with E-state index in [0.29, 0.717) is 11.3 Å². The summed E-state index contributed by atoms with van der Waals surface area (Å²) in [5.74, 6) is -1.56. The van der Waals surface area contributed by atoms with Crippen molar-refractivity contribution in [3.63, 3.8) is 0 Å². The van der Waals surface area contributed by atoms with Crippen LogP contribution >= 0.6 is 0 Å². The lowest BCUT2D eigenvalue weighted by atomic mass is 10.2. The molecule has 1 atom stereocenters. The summed E-state index contributed by atoms with van der Waals surface area (Å²) < 4.78 is 25.8. The molecule has 0 bridgehead atoms. The zero-order valence-corrected chi connectivity index (χ0v) is 13.1. The molecule has 21 heavy (non-hydrogen) atoms. The average molecular weight is 314 g/mol. The standard InChI is InChI=1S/C13H18N2O5S/c1-8-5-6-11(14-10(3)16)7-12(8)21(19,20)15(4)9(2)13(17)18/h5-7,9H,1-4H3,(H,14,16)(H,17,18). The van der Waals surface area contributed by atoms with Crippen LogP contribution in [0.4, 0.5) is 5.69 Å². The molecule has 0 saturated carbocycles. The van der Waals surface area contributed by atoms with Crippen molar-refractivity contribution in [3.05, 3.63) is 23.8 Å². The predicted octanol–water partition coefficient (Wildman–Crippen LogP) is 1.05. The fourth-order valence-electron chi connectivity index (χ4n) is 1.68. The Morgan fingerprint density at radius 1 is 1.33 bits per heavy atom. The molecule has 8 heteroatoms. The molecule has 1 rings (SSSR count). The van der Waals surface area contributed by atoms with Crippen molar-refractivity contribution in [3.8, 4) is 0 Å². The Morgan fingerprint density at radius 3 is 2.38 bits per heavy atom. The lowest BCUT2D eigenvalue weighted by Gasteiger charge is -2.22.